The zero-order valence-corrected chi connectivity index (χ0v) is 16.8. The summed E-state index contributed by atoms with van der Waals surface area (Å²) < 4.78 is 7.27. The van der Waals surface area contributed by atoms with Crippen molar-refractivity contribution in [3.63, 3.8) is 0 Å². The summed E-state index contributed by atoms with van der Waals surface area (Å²) in [6, 6.07) is 7.65. The predicted octanol–water partition coefficient (Wildman–Crippen LogP) is 3.91. The Labute approximate surface area is 163 Å². The zero-order valence-electron chi connectivity index (χ0n) is 16.0. The van der Waals surface area contributed by atoms with Gasteiger partial charge in [0.2, 0.25) is 11.1 Å². The number of ketones is 1. The highest BCUT2D eigenvalue weighted by Crippen LogP contribution is 2.45. The third-order valence-corrected chi connectivity index (χ3v) is 5.73. The van der Waals surface area contributed by atoms with Crippen LogP contribution in [0.15, 0.2) is 41.2 Å². The van der Waals surface area contributed by atoms with Crippen molar-refractivity contribution in [1.29, 1.82) is 0 Å². The van der Waals surface area contributed by atoms with E-state index in [1.165, 1.54) is 0 Å². The fourth-order valence-corrected chi connectivity index (χ4v) is 4.51. The van der Waals surface area contributed by atoms with E-state index >= 15 is 0 Å². The normalized spacial score (nSPS) is 23.1. The molecule has 0 amide bonds. The molecule has 0 radical (unpaired) electrons. The molecule has 0 spiro atoms. The minimum absolute atomic E-state index is 0.169. The average molecular weight is 385 g/mol. The molecule has 6 nitrogen and oxygen atoms in total. The summed E-state index contributed by atoms with van der Waals surface area (Å²) in [5, 5.41) is 8.80. The first-order chi connectivity index (χ1) is 12.9. The number of nitrogens with zero attached hydrogens (tertiary/aromatic N) is 3. The van der Waals surface area contributed by atoms with Crippen LogP contribution in [0.2, 0.25) is 0 Å². The van der Waals surface area contributed by atoms with Gasteiger partial charge in [-0.2, -0.15) is 4.98 Å². The minimum Gasteiger partial charge on any atom is -0.497 e. The van der Waals surface area contributed by atoms with E-state index in [-0.39, 0.29) is 23.2 Å². The van der Waals surface area contributed by atoms with Crippen LogP contribution in [0.1, 0.15) is 38.8 Å². The molecular weight excluding hydrogens is 360 g/mol. The second-order valence-electron chi connectivity index (χ2n) is 7.65. The molecule has 0 saturated heterocycles. The highest BCUT2D eigenvalue weighted by Gasteiger charge is 2.45. The molecule has 1 N–H and O–H groups in total. The number of ether oxygens (including phenoxy) is 1. The number of carbonyl (C=O) groups excluding carboxylic acids is 1. The van der Waals surface area contributed by atoms with Gasteiger partial charge in [-0.1, -0.05) is 50.7 Å². The van der Waals surface area contributed by atoms with E-state index in [0.717, 1.165) is 27.9 Å². The quantitative estimate of drug-likeness (QED) is 0.806. The molecule has 0 bridgehead atoms. The van der Waals surface area contributed by atoms with Crippen LogP contribution in [-0.2, 0) is 4.79 Å². The molecule has 7 heteroatoms. The number of carbonyl (C=O) groups is 1. The number of aromatic nitrogens is 3. The van der Waals surface area contributed by atoms with Crippen LogP contribution in [0.4, 0.5) is 5.95 Å². The standard InChI is InChI=1S/C20H24N4O2S/c1-5-27-19-22-18-21-14-10-20(2,3)11-15(25)16(14)17(24(18)23-19)12-7-6-8-13(9-12)26-4/h6-10,16-17H,5,11H2,1-4H3,(H,21,22,23)/t16-,17-/m1/s1. The summed E-state index contributed by atoms with van der Waals surface area (Å²) in [5.41, 5.74) is 1.76. The van der Waals surface area contributed by atoms with Crippen molar-refractivity contribution in [3.05, 3.63) is 41.6 Å². The smallest absolute Gasteiger partial charge is 0.227 e. The maximum atomic E-state index is 13.1. The molecule has 0 saturated carbocycles. The largest absolute Gasteiger partial charge is 0.497 e. The van der Waals surface area contributed by atoms with Gasteiger partial charge in [-0.25, -0.2) is 4.68 Å². The summed E-state index contributed by atoms with van der Waals surface area (Å²) in [6.45, 7) is 6.26. The first-order valence-electron chi connectivity index (χ1n) is 9.17. The molecular formula is C20H24N4O2S. The molecule has 4 rings (SSSR count). The number of fused-ring (bicyclic) bond motifs is 2. The molecule has 142 valence electrons. The van der Waals surface area contributed by atoms with E-state index in [0.29, 0.717) is 12.4 Å². The van der Waals surface area contributed by atoms with Crippen LogP contribution in [0.3, 0.4) is 0 Å². The maximum absolute atomic E-state index is 13.1. The number of hydrogen-bond donors (Lipinski definition) is 1. The number of rotatable bonds is 4. The van der Waals surface area contributed by atoms with Gasteiger partial charge in [0.25, 0.3) is 0 Å². The van der Waals surface area contributed by atoms with Crippen molar-refractivity contribution in [1.82, 2.24) is 14.8 Å². The highest BCUT2D eigenvalue weighted by atomic mass is 32.2. The van der Waals surface area contributed by atoms with Gasteiger partial charge in [-0.3, -0.25) is 4.79 Å². The SMILES string of the molecule is CCSc1nc2n(n1)[C@H](c1cccc(OC)c1)[C@H]1C(=O)CC(C)(C)C=C1N2. The Bertz CT molecular complexity index is 918. The lowest BCUT2D eigenvalue weighted by Crippen LogP contribution is -2.42. The van der Waals surface area contributed by atoms with E-state index < -0.39 is 0 Å². The number of anilines is 1. The Morgan fingerprint density at radius 3 is 2.96 bits per heavy atom. The van der Waals surface area contributed by atoms with Crippen molar-refractivity contribution in [2.45, 2.75) is 38.4 Å². The maximum Gasteiger partial charge on any atom is 0.227 e. The summed E-state index contributed by atoms with van der Waals surface area (Å²) in [4.78, 5) is 17.8. The van der Waals surface area contributed by atoms with Gasteiger partial charge in [-0.15, -0.1) is 5.10 Å². The van der Waals surface area contributed by atoms with Gasteiger partial charge in [0.05, 0.1) is 19.1 Å². The Hall–Kier alpha value is -2.28. The lowest BCUT2D eigenvalue weighted by atomic mass is 9.72. The summed E-state index contributed by atoms with van der Waals surface area (Å²) in [5.74, 6) is 2.28. The summed E-state index contributed by atoms with van der Waals surface area (Å²) in [7, 11) is 1.65. The average Bonchev–Trinajstić information content (AvgIpc) is 3.01. The van der Waals surface area contributed by atoms with Crippen molar-refractivity contribution in [2.24, 2.45) is 11.3 Å². The minimum atomic E-state index is -0.293. The van der Waals surface area contributed by atoms with Crippen LogP contribution >= 0.6 is 11.8 Å². The lowest BCUT2D eigenvalue weighted by molar-refractivity contribution is -0.125. The lowest BCUT2D eigenvalue weighted by Gasteiger charge is -2.40. The number of allylic oxidation sites excluding steroid dienone is 2. The monoisotopic (exact) mass is 384 g/mol. The van der Waals surface area contributed by atoms with Crippen LogP contribution < -0.4 is 10.1 Å². The first kappa shape index (κ1) is 18.1. The molecule has 2 heterocycles. The Kier molecular flexibility index (Phi) is 4.50. The topological polar surface area (TPSA) is 69.0 Å². The molecule has 0 unspecified atom stereocenters. The molecule has 2 aromatic rings. The van der Waals surface area contributed by atoms with Gasteiger partial charge in [0.15, 0.2) is 0 Å². The second kappa shape index (κ2) is 6.71. The van der Waals surface area contributed by atoms with Crippen LogP contribution in [-0.4, -0.2) is 33.4 Å². The summed E-state index contributed by atoms with van der Waals surface area (Å²) >= 11 is 1.60. The van der Waals surface area contributed by atoms with E-state index in [4.69, 9.17) is 9.84 Å². The van der Waals surface area contributed by atoms with Crippen LogP contribution in [0.5, 0.6) is 5.75 Å². The Morgan fingerprint density at radius 1 is 1.41 bits per heavy atom. The van der Waals surface area contributed by atoms with Gasteiger partial charge >= 0.3 is 0 Å². The fourth-order valence-electron chi connectivity index (χ4n) is 3.96. The Morgan fingerprint density at radius 2 is 2.22 bits per heavy atom. The number of benzene rings is 1. The number of hydrogen-bond acceptors (Lipinski definition) is 6. The molecule has 2 atom stereocenters. The highest BCUT2D eigenvalue weighted by molar-refractivity contribution is 7.99. The van der Waals surface area contributed by atoms with E-state index in [9.17, 15) is 4.79 Å². The fraction of sp³-hybridized carbons (Fsp3) is 0.450. The predicted molar refractivity (Wildman–Crippen MR) is 106 cm³/mol. The molecule has 0 fully saturated rings. The van der Waals surface area contributed by atoms with Crippen LogP contribution in [0.25, 0.3) is 0 Å². The van der Waals surface area contributed by atoms with E-state index in [1.54, 1.807) is 18.9 Å². The van der Waals surface area contributed by atoms with Gasteiger partial charge in [0, 0.05) is 12.1 Å². The van der Waals surface area contributed by atoms with Crippen molar-refractivity contribution < 1.29 is 9.53 Å². The van der Waals surface area contributed by atoms with Crippen molar-refractivity contribution in [3.8, 4) is 5.75 Å². The van der Waals surface area contributed by atoms with Gasteiger partial charge in [0.1, 0.15) is 11.5 Å². The van der Waals surface area contributed by atoms with Crippen molar-refractivity contribution in [2.75, 3.05) is 18.2 Å². The van der Waals surface area contributed by atoms with Gasteiger partial charge < -0.3 is 10.1 Å². The third-order valence-electron chi connectivity index (χ3n) is 5.01. The third kappa shape index (κ3) is 3.25. The first-order valence-corrected chi connectivity index (χ1v) is 10.2. The molecule has 1 aromatic carbocycles. The van der Waals surface area contributed by atoms with E-state index in [2.05, 4.69) is 37.1 Å². The molecule has 2 aliphatic rings. The molecule has 27 heavy (non-hydrogen) atoms. The summed E-state index contributed by atoms with van der Waals surface area (Å²) in [6.07, 6.45) is 2.70. The molecule has 1 aliphatic carbocycles. The van der Waals surface area contributed by atoms with E-state index in [1.807, 2.05) is 28.9 Å². The molecule has 1 aromatic heterocycles. The number of nitrogens with one attached hydrogen (secondary N) is 1. The molecule has 1 aliphatic heterocycles. The number of thioether (sulfide) groups is 1. The number of Topliss-reactive ketones (excluding diaryl/α,β-unsaturated/α-hetero) is 1. The van der Waals surface area contributed by atoms with Crippen molar-refractivity contribution >= 4 is 23.5 Å². The van der Waals surface area contributed by atoms with Gasteiger partial charge in [-0.05, 0) is 28.9 Å². The second-order valence-corrected chi connectivity index (χ2v) is 8.88. The number of methoxy groups -OCH3 is 1. The zero-order chi connectivity index (χ0) is 19.2. The Balaban J connectivity index is 1.89. The van der Waals surface area contributed by atoms with Crippen LogP contribution in [0, 0.1) is 11.3 Å².